The lowest BCUT2D eigenvalue weighted by molar-refractivity contribution is 0.413. The molecule has 0 amide bonds. The highest BCUT2D eigenvalue weighted by molar-refractivity contribution is 5.77. The van der Waals surface area contributed by atoms with Crippen LogP contribution in [0.15, 0.2) is 46.1 Å². The normalized spacial score (nSPS) is 11.5. The van der Waals surface area contributed by atoms with Gasteiger partial charge in [0.05, 0.1) is 19.3 Å². The molecule has 4 aromatic rings. The van der Waals surface area contributed by atoms with Crippen molar-refractivity contribution in [1.82, 2.24) is 23.1 Å². The smallest absolute Gasteiger partial charge is 0.332 e. The minimum Gasteiger partial charge on any atom is -0.495 e. The molecular formula is C21H23N5O3. The zero-order valence-electron chi connectivity index (χ0n) is 17.2. The van der Waals surface area contributed by atoms with Gasteiger partial charge >= 0.3 is 5.69 Å². The molecule has 0 fully saturated rings. The molecule has 4 rings (SSSR count). The molecule has 0 aliphatic rings. The van der Waals surface area contributed by atoms with E-state index in [0.29, 0.717) is 22.7 Å². The Kier molecular flexibility index (Phi) is 4.22. The van der Waals surface area contributed by atoms with Gasteiger partial charge in [0.15, 0.2) is 11.2 Å². The first-order valence-corrected chi connectivity index (χ1v) is 9.24. The number of hydrogen-bond acceptors (Lipinski definition) is 4. The first-order chi connectivity index (χ1) is 13.7. The molecule has 0 saturated heterocycles. The number of benzene rings is 1. The third-order valence-corrected chi connectivity index (χ3v) is 5.03. The summed E-state index contributed by atoms with van der Waals surface area (Å²) in [5.74, 6) is 1.24. The second kappa shape index (κ2) is 6.51. The first kappa shape index (κ1) is 18.8. The summed E-state index contributed by atoms with van der Waals surface area (Å²) in [5.41, 5.74) is 3.40. The summed E-state index contributed by atoms with van der Waals surface area (Å²) in [7, 11) is 3.24. The average Bonchev–Trinajstić information content (AvgIpc) is 3.17. The Labute approximate surface area is 166 Å². The Bertz CT molecular complexity index is 1410. The van der Waals surface area contributed by atoms with Crippen molar-refractivity contribution in [2.45, 2.75) is 27.3 Å². The molecular weight excluding hydrogens is 370 g/mol. The van der Waals surface area contributed by atoms with E-state index in [1.54, 1.807) is 25.5 Å². The Morgan fingerprint density at radius 1 is 1.24 bits per heavy atom. The fourth-order valence-electron chi connectivity index (χ4n) is 3.69. The molecule has 0 unspecified atom stereocenters. The number of aryl methyl sites for hydroxylation is 3. The summed E-state index contributed by atoms with van der Waals surface area (Å²) in [6.45, 7) is 9.72. The van der Waals surface area contributed by atoms with Crippen LogP contribution in [0.4, 0.5) is 0 Å². The Hall–Kier alpha value is -3.55. The fraction of sp³-hybridized carbons (Fsp3) is 0.286. The van der Waals surface area contributed by atoms with E-state index >= 15 is 0 Å². The van der Waals surface area contributed by atoms with Crippen LogP contribution in [0, 0.1) is 13.8 Å². The number of methoxy groups -OCH3 is 1. The van der Waals surface area contributed by atoms with Crippen LogP contribution in [0.25, 0.3) is 22.6 Å². The van der Waals surface area contributed by atoms with Crippen LogP contribution >= 0.6 is 0 Å². The largest absolute Gasteiger partial charge is 0.495 e. The van der Waals surface area contributed by atoms with Gasteiger partial charge in [-0.3, -0.25) is 22.9 Å². The van der Waals surface area contributed by atoms with Gasteiger partial charge in [-0.25, -0.2) is 4.79 Å². The molecule has 3 heterocycles. The lowest BCUT2D eigenvalue weighted by Gasteiger charge is -2.12. The van der Waals surface area contributed by atoms with E-state index in [4.69, 9.17) is 4.74 Å². The van der Waals surface area contributed by atoms with Gasteiger partial charge in [0.2, 0.25) is 5.78 Å². The van der Waals surface area contributed by atoms with Crippen LogP contribution in [0.3, 0.4) is 0 Å². The SMILES string of the molecule is C=C(C)Cn1c(=O)c2c(nc3n(-c4cc(C)ccc4OC)c(C)cn23)n(C)c1=O. The van der Waals surface area contributed by atoms with E-state index in [2.05, 4.69) is 11.6 Å². The maximum Gasteiger partial charge on any atom is 0.332 e. The molecule has 0 atom stereocenters. The van der Waals surface area contributed by atoms with E-state index in [0.717, 1.165) is 22.5 Å². The molecule has 150 valence electrons. The van der Waals surface area contributed by atoms with Crippen molar-refractivity contribution in [2.24, 2.45) is 7.05 Å². The molecule has 3 aromatic heterocycles. The van der Waals surface area contributed by atoms with Crippen molar-refractivity contribution in [1.29, 1.82) is 0 Å². The van der Waals surface area contributed by atoms with E-state index in [1.165, 1.54) is 9.13 Å². The average molecular weight is 393 g/mol. The Balaban J connectivity index is 2.15. The van der Waals surface area contributed by atoms with Crippen molar-refractivity contribution < 1.29 is 4.74 Å². The maximum atomic E-state index is 13.2. The van der Waals surface area contributed by atoms with Crippen LogP contribution in [-0.2, 0) is 13.6 Å². The van der Waals surface area contributed by atoms with Gasteiger partial charge in [0.25, 0.3) is 5.56 Å². The first-order valence-electron chi connectivity index (χ1n) is 9.24. The monoisotopic (exact) mass is 393 g/mol. The zero-order valence-corrected chi connectivity index (χ0v) is 17.2. The topological polar surface area (TPSA) is 75.5 Å². The summed E-state index contributed by atoms with van der Waals surface area (Å²) in [6, 6.07) is 5.88. The number of allylic oxidation sites excluding steroid dienone is 1. The number of imidazole rings is 2. The summed E-state index contributed by atoms with van der Waals surface area (Å²) in [5, 5.41) is 0. The molecule has 29 heavy (non-hydrogen) atoms. The zero-order chi connectivity index (χ0) is 21.0. The quantitative estimate of drug-likeness (QED) is 0.499. The van der Waals surface area contributed by atoms with Crippen molar-refractivity contribution >= 4 is 16.9 Å². The van der Waals surface area contributed by atoms with Gasteiger partial charge in [-0.15, -0.1) is 0 Å². The van der Waals surface area contributed by atoms with Crippen molar-refractivity contribution in [3.05, 3.63) is 68.6 Å². The van der Waals surface area contributed by atoms with Crippen LogP contribution in [0.1, 0.15) is 18.2 Å². The van der Waals surface area contributed by atoms with Crippen LogP contribution in [0.5, 0.6) is 5.75 Å². The standard InChI is InChI=1S/C21H23N5O3/c1-12(2)10-25-19(27)17-18(23(5)21(25)28)22-20-24(17)11-14(4)26(20)15-9-13(3)7-8-16(15)29-6/h7-9,11H,1,10H2,2-6H3. The van der Waals surface area contributed by atoms with Gasteiger partial charge in [-0.2, -0.15) is 4.98 Å². The molecule has 0 spiro atoms. The molecule has 8 heteroatoms. The Morgan fingerprint density at radius 2 is 1.97 bits per heavy atom. The number of rotatable bonds is 4. The second-order valence-corrected chi connectivity index (χ2v) is 7.43. The third kappa shape index (κ3) is 2.71. The van der Waals surface area contributed by atoms with E-state index in [1.807, 2.05) is 42.8 Å². The second-order valence-electron chi connectivity index (χ2n) is 7.43. The van der Waals surface area contributed by atoms with Gasteiger partial charge < -0.3 is 4.74 Å². The van der Waals surface area contributed by atoms with Crippen LogP contribution < -0.4 is 16.0 Å². The third-order valence-electron chi connectivity index (χ3n) is 5.03. The molecule has 0 aliphatic heterocycles. The summed E-state index contributed by atoms with van der Waals surface area (Å²) in [6.07, 6.45) is 1.85. The highest BCUT2D eigenvalue weighted by atomic mass is 16.5. The minimum atomic E-state index is -0.414. The maximum absolute atomic E-state index is 13.2. The van der Waals surface area contributed by atoms with Gasteiger partial charge in [-0.05, 0) is 38.5 Å². The van der Waals surface area contributed by atoms with Crippen LogP contribution in [0.2, 0.25) is 0 Å². The fourth-order valence-corrected chi connectivity index (χ4v) is 3.69. The molecule has 0 radical (unpaired) electrons. The van der Waals surface area contributed by atoms with Crippen LogP contribution in [-0.4, -0.2) is 30.2 Å². The number of fused-ring (bicyclic) bond motifs is 3. The van der Waals surface area contributed by atoms with E-state index in [9.17, 15) is 9.59 Å². The molecule has 0 aliphatic carbocycles. The molecule has 0 bridgehead atoms. The predicted octanol–water partition coefficient (Wildman–Crippen LogP) is 2.34. The Morgan fingerprint density at radius 3 is 2.62 bits per heavy atom. The molecule has 0 N–H and O–H groups in total. The number of nitrogens with zero attached hydrogens (tertiary/aromatic N) is 5. The minimum absolute atomic E-state index is 0.167. The predicted molar refractivity (Wildman–Crippen MR) is 112 cm³/mol. The lowest BCUT2D eigenvalue weighted by Crippen LogP contribution is -2.39. The van der Waals surface area contributed by atoms with Crippen molar-refractivity contribution in [3.63, 3.8) is 0 Å². The lowest BCUT2D eigenvalue weighted by atomic mass is 10.2. The van der Waals surface area contributed by atoms with E-state index < -0.39 is 5.69 Å². The number of hydrogen-bond donors (Lipinski definition) is 0. The van der Waals surface area contributed by atoms with Gasteiger partial charge in [0, 0.05) is 18.9 Å². The molecule has 0 saturated carbocycles. The summed E-state index contributed by atoms with van der Waals surface area (Å²) >= 11 is 0. The molecule has 8 nitrogen and oxygen atoms in total. The van der Waals surface area contributed by atoms with Gasteiger partial charge in [-0.1, -0.05) is 18.2 Å². The molecule has 1 aromatic carbocycles. The van der Waals surface area contributed by atoms with E-state index in [-0.39, 0.29) is 12.1 Å². The summed E-state index contributed by atoms with van der Waals surface area (Å²) < 4.78 is 11.8. The highest BCUT2D eigenvalue weighted by Crippen LogP contribution is 2.28. The van der Waals surface area contributed by atoms with Crippen molar-refractivity contribution in [2.75, 3.05) is 7.11 Å². The van der Waals surface area contributed by atoms with Crippen molar-refractivity contribution in [3.8, 4) is 11.4 Å². The van der Waals surface area contributed by atoms with Gasteiger partial charge in [0.1, 0.15) is 5.75 Å². The highest BCUT2D eigenvalue weighted by Gasteiger charge is 2.22. The number of ether oxygens (including phenoxy) is 1. The summed E-state index contributed by atoms with van der Waals surface area (Å²) in [4.78, 5) is 30.5. The number of aromatic nitrogens is 5.